The molecule has 0 unspecified atom stereocenters. The minimum atomic E-state index is -3.67. The molecule has 1 aromatic carbocycles. The van der Waals surface area contributed by atoms with Crippen molar-refractivity contribution >= 4 is 37.5 Å². The number of rotatable bonds is 6. The van der Waals surface area contributed by atoms with Crippen molar-refractivity contribution in [3.8, 4) is 0 Å². The minimum absolute atomic E-state index is 0.0101. The number of carbonyl (C=O) groups is 1. The lowest BCUT2D eigenvalue weighted by Crippen LogP contribution is -2.26. The Hall–Kier alpha value is -1.12. The highest BCUT2D eigenvalue weighted by molar-refractivity contribution is 9.10. The van der Waals surface area contributed by atoms with Crippen molar-refractivity contribution in [1.29, 1.82) is 0 Å². The van der Waals surface area contributed by atoms with Crippen LogP contribution in [0.1, 0.15) is 12.8 Å². The van der Waals surface area contributed by atoms with E-state index in [0.29, 0.717) is 10.9 Å². The maximum Gasteiger partial charge on any atom is 0.242 e. The van der Waals surface area contributed by atoms with Gasteiger partial charge in [-0.1, -0.05) is 15.9 Å². The van der Waals surface area contributed by atoms with Gasteiger partial charge in [0, 0.05) is 17.4 Å². The number of benzene rings is 1. The molecule has 1 amide bonds. The average Bonchev–Trinajstić information content (AvgIpc) is 2.27. The number of carbonyl (C=O) groups excluding carboxylic acids is 1. The maximum absolute atomic E-state index is 11.9. The summed E-state index contributed by atoms with van der Waals surface area (Å²) >= 11 is 3.18. The van der Waals surface area contributed by atoms with Gasteiger partial charge in [-0.05, 0) is 24.6 Å². The van der Waals surface area contributed by atoms with Crippen LogP contribution >= 0.6 is 15.9 Å². The summed E-state index contributed by atoms with van der Waals surface area (Å²) in [6, 6.07) is 4.58. The molecule has 0 aromatic heterocycles. The van der Waals surface area contributed by atoms with Crippen molar-refractivity contribution in [2.45, 2.75) is 17.7 Å². The van der Waals surface area contributed by atoms with Crippen LogP contribution in [-0.2, 0) is 14.8 Å². The van der Waals surface area contributed by atoms with E-state index in [4.69, 9.17) is 11.5 Å². The molecule has 0 fully saturated rings. The Morgan fingerprint density at radius 1 is 1.39 bits per heavy atom. The number of anilines is 1. The lowest BCUT2D eigenvalue weighted by atomic mass is 10.3. The van der Waals surface area contributed by atoms with Gasteiger partial charge in [0.2, 0.25) is 15.9 Å². The van der Waals surface area contributed by atoms with E-state index in [1.165, 1.54) is 12.1 Å². The monoisotopic (exact) mass is 335 g/mol. The van der Waals surface area contributed by atoms with Crippen LogP contribution < -0.4 is 16.2 Å². The van der Waals surface area contributed by atoms with Gasteiger partial charge in [0.05, 0.1) is 5.69 Å². The van der Waals surface area contributed by atoms with E-state index < -0.39 is 15.9 Å². The van der Waals surface area contributed by atoms with Crippen molar-refractivity contribution in [3.05, 3.63) is 22.7 Å². The number of hydrogen-bond donors (Lipinski definition) is 3. The molecule has 100 valence electrons. The first-order valence-electron chi connectivity index (χ1n) is 5.16. The minimum Gasteiger partial charge on any atom is -0.398 e. The molecule has 0 radical (unpaired) electrons. The van der Waals surface area contributed by atoms with Crippen molar-refractivity contribution in [3.63, 3.8) is 0 Å². The second-order valence-corrected chi connectivity index (χ2v) is 6.30. The van der Waals surface area contributed by atoms with Gasteiger partial charge in [-0.15, -0.1) is 0 Å². The molecule has 5 N–H and O–H groups in total. The molecular weight excluding hydrogens is 322 g/mol. The van der Waals surface area contributed by atoms with Gasteiger partial charge in [-0.2, -0.15) is 0 Å². The van der Waals surface area contributed by atoms with E-state index in [1.54, 1.807) is 6.07 Å². The van der Waals surface area contributed by atoms with Gasteiger partial charge in [0.1, 0.15) is 4.90 Å². The van der Waals surface area contributed by atoms with E-state index in [1.807, 2.05) is 0 Å². The zero-order chi connectivity index (χ0) is 13.8. The second-order valence-electron chi connectivity index (χ2n) is 3.65. The topological polar surface area (TPSA) is 115 Å². The Balaban J connectivity index is 2.74. The second kappa shape index (κ2) is 6.17. The normalized spacial score (nSPS) is 11.4. The van der Waals surface area contributed by atoms with E-state index in [-0.39, 0.29) is 23.5 Å². The van der Waals surface area contributed by atoms with Crippen molar-refractivity contribution in [2.75, 3.05) is 12.3 Å². The first-order chi connectivity index (χ1) is 8.33. The molecule has 0 bridgehead atoms. The highest BCUT2D eigenvalue weighted by Crippen LogP contribution is 2.22. The van der Waals surface area contributed by atoms with Crippen LogP contribution in [0.3, 0.4) is 0 Å². The number of amides is 1. The molecule has 0 aliphatic heterocycles. The van der Waals surface area contributed by atoms with Crippen molar-refractivity contribution < 1.29 is 13.2 Å². The largest absolute Gasteiger partial charge is 0.398 e. The van der Waals surface area contributed by atoms with E-state index in [0.717, 1.165) is 0 Å². The fourth-order valence-corrected chi connectivity index (χ4v) is 3.03. The highest BCUT2D eigenvalue weighted by Gasteiger charge is 2.17. The van der Waals surface area contributed by atoms with Gasteiger partial charge in [-0.25, -0.2) is 13.1 Å². The molecular formula is C10H14BrN3O3S. The number of primary amides is 1. The van der Waals surface area contributed by atoms with E-state index >= 15 is 0 Å². The lowest BCUT2D eigenvalue weighted by Gasteiger charge is -2.09. The first kappa shape index (κ1) is 14.9. The summed E-state index contributed by atoms with van der Waals surface area (Å²) in [5.41, 5.74) is 10.7. The van der Waals surface area contributed by atoms with Crippen LogP contribution in [0, 0.1) is 0 Å². The molecule has 0 saturated carbocycles. The molecule has 8 heteroatoms. The van der Waals surface area contributed by atoms with Crippen LogP contribution in [0.15, 0.2) is 27.6 Å². The molecule has 0 saturated heterocycles. The summed E-state index contributed by atoms with van der Waals surface area (Å²) < 4.78 is 26.8. The number of hydrogen-bond acceptors (Lipinski definition) is 4. The van der Waals surface area contributed by atoms with Crippen LogP contribution in [-0.4, -0.2) is 20.9 Å². The van der Waals surface area contributed by atoms with Gasteiger partial charge >= 0.3 is 0 Å². The standard InChI is InChI=1S/C10H14BrN3O3S/c11-7-3-4-8(12)9(6-7)18(16,17)14-5-1-2-10(13)15/h3-4,6,14H,1-2,5,12H2,(H2,13,15). The Bertz CT molecular complexity index is 545. The van der Waals surface area contributed by atoms with Gasteiger partial charge in [-0.3, -0.25) is 4.79 Å². The van der Waals surface area contributed by atoms with Crippen molar-refractivity contribution in [1.82, 2.24) is 4.72 Å². The summed E-state index contributed by atoms with van der Waals surface area (Å²) in [6.45, 7) is 0.136. The zero-order valence-electron chi connectivity index (χ0n) is 9.52. The third kappa shape index (κ3) is 4.28. The predicted octanol–water partition coefficient (Wildman–Crippen LogP) is 0.575. The number of nitrogens with one attached hydrogen (secondary N) is 1. The molecule has 1 rings (SSSR count). The van der Waals surface area contributed by atoms with E-state index in [9.17, 15) is 13.2 Å². The molecule has 0 aliphatic rings. The quantitative estimate of drug-likeness (QED) is 0.520. The Kier molecular flexibility index (Phi) is 5.12. The highest BCUT2D eigenvalue weighted by atomic mass is 79.9. The van der Waals surface area contributed by atoms with Crippen LogP contribution in [0.2, 0.25) is 0 Å². The van der Waals surface area contributed by atoms with Gasteiger partial charge < -0.3 is 11.5 Å². The Labute approximate surface area is 114 Å². The summed E-state index contributed by atoms with van der Waals surface area (Å²) in [6.07, 6.45) is 0.485. The summed E-state index contributed by atoms with van der Waals surface area (Å²) in [7, 11) is -3.67. The van der Waals surface area contributed by atoms with E-state index in [2.05, 4.69) is 20.7 Å². The summed E-state index contributed by atoms with van der Waals surface area (Å²) in [4.78, 5) is 10.5. The molecule has 0 spiro atoms. The summed E-state index contributed by atoms with van der Waals surface area (Å²) in [5.74, 6) is -0.462. The number of halogens is 1. The van der Waals surface area contributed by atoms with Gasteiger partial charge in [0.15, 0.2) is 0 Å². The fourth-order valence-electron chi connectivity index (χ4n) is 1.29. The fraction of sp³-hybridized carbons (Fsp3) is 0.300. The maximum atomic E-state index is 11.9. The average molecular weight is 336 g/mol. The number of nitrogen functional groups attached to an aromatic ring is 1. The Morgan fingerprint density at radius 3 is 2.67 bits per heavy atom. The molecule has 0 atom stereocenters. The third-order valence-corrected chi connectivity index (χ3v) is 4.17. The first-order valence-corrected chi connectivity index (χ1v) is 7.43. The van der Waals surface area contributed by atoms with Gasteiger partial charge in [0.25, 0.3) is 0 Å². The predicted molar refractivity (Wildman–Crippen MR) is 72.2 cm³/mol. The molecule has 0 heterocycles. The number of nitrogens with two attached hydrogens (primary N) is 2. The van der Waals surface area contributed by atoms with Crippen LogP contribution in [0.4, 0.5) is 5.69 Å². The SMILES string of the molecule is NC(=O)CCCNS(=O)(=O)c1cc(Br)ccc1N. The smallest absolute Gasteiger partial charge is 0.242 e. The Morgan fingerprint density at radius 2 is 2.06 bits per heavy atom. The molecule has 18 heavy (non-hydrogen) atoms. The van der Waals surface area contributed by atoms with Crippen LogP contribution in [0.5, 0.6) is 0 Å². The molecule has 6 nitrogen and oxygen atoms in total. The zero-order valence-corrected chi connectivity index (χ0v) is 11.9. The van der Waals surface area contributed by atoms with Crippen molar-refractivity contribution in [2.24, 2.45) is 5.73 Å². The molecule has 0 aliphatic carbocycles. The molecule has 1 aromatic rings. The summed E-state index contributed by atoms with van der Waals surface area (Å²) in [5, 5.41) is 0. The third-order valence-electron chi connectivity index (χ3n) is 2.16. The van der Waals surface area contributed by atoms with Crippen LogP contribution in [0.25, 0.3) is 0 Å². The number of sulfonamides is 1. The lowest BCUT2D eigenvalue weighted by molar-refractivity contribution is -0.118.